The first-order valence-corrected chi connectivity index (χ1v) is 7.01. The molecule has 0 saturated carbocycles. The first-order chi connectivity index (χ1) is 7.72. The third-order valence-electron chi connectivity index (χ3n) is 0.960. The van der Waals surface area contributed by atoms with Crippen LogP contribution in [-0.2, 0) is 0 Å². The largest absolute Gasteiger partial charge is 0.0991 e. The van der Waals surface area contributed by atoms with Crippen LogP contribution in [0.1, 0.15) is 82.1 Å². The molecule has 0 aromatic heterocycles. The average Bonchev–Trinajstić information content (AvgIpc) is 2.38. The second kappa shape index (κ2) is 62.7. The summed E-state index contributed by atoms with van der Waals surface area (Å²) in [6, 6.07) is 0. The van der Waals surface area contributed by atoms with Crippen molar-refractivity contribution in [3.63, 3.8) is 0 Å². The predicted molar refractivity (Wildman–Crippen MR) is 84.3 cm³/mol. The molecule has 0 unspecified atom stereocenters. The molecule has 0 heterocycles. The molecule has 0 aliphatic rings. The van der Waals surface area contributed by atoms with Crippen LogP contribution in [0.25, 0.3) is 0 Å². The minimum Gasteiger partial charge on any atom is -0.0991 e. The Morgan fingerprint density at radius 1 is 0.875 bits per heavy atom. The van der Waals surface area contributed by atoms with E-state index in [1.165, 1.54) is 12.0 Å². The topological polar surface area (TPSA) is 0 Å². The Bertz CT molecular complexity index is 88.2. The van der Waals surface area contributed by atoms with Gasteiger partial charge in [-0.05, 0) is 13.3 Å². The van der Waals surface area contributed by atoms with Crippen LogP contribution in [0.2, 0.25) is 0 Å². The third kappa shape index (κ3) is 105. The van der Waals surface area contributed by atoms with Crippen LogP contribution < -0.4 is 0 Å². The van der Waals surface area contributed by atoms with Gasteiger partial charge >= 0.3 is 0 Å². The van der Waals surface area contributed by atoms with Crippen LogP contribution in [0.3, 0.4) is 0 Å². The van der Waals surface area contributed by atoms with Gasteiger partial charge in [-0.25, -0.2) is 0 Å². The quantitative estimate of drug-likeness (QED) is 0.447. The summed E-state index contributed by atoms with van der Waals surface area (Å²) in [5.41, 5.74) is 1.38. The molecule has 0 heteroatoms. The molecule has 0 bridgehead atoms. The molecule has 0 rings (SSSR count). The van der Waals surface area contributed by atoms with Gasteiger partial charge in [0.25, 0.3) is 0 Å². The van der Waals surface area contributed by atoms with E-state index in [1.807, 2.05) is 53.7 Å². The SMILES string of the molecule is C=C/C=C(/C)CC.CC.CC.CC.CCC. The summed E-state index contributed by atoms with van der Waals surface area (Å²) >= 11 is 0. The van der Waals surface area contributed by atoms with Crippen LogP contribution in [0, 0.1) is 0 Å². The van der Waals surface area contributed by atoms with Gasteiger partial charge in [0.2, 0.25) is 0 Å². The molecule has 0 N–H and O–H groups in total. The molecule has 0 fully saturated rings. The molecule has 0 amide bonds. The summed E-state index contributed by atoms with van der Waals surface area (Å²) in [6.45, 7) is 24.1. The molecule has 0 spiro atoms. The van der Waals surface area contributed by atoms with E-state index in [-0.39, 0.29) is 0 Å². The average molecular weight is 230 g/mol. The van der Waals surface area contributed by atoms with E-state index in [4.69, 9.17) is 0 Å². The maximum Gasteiger partial charge on any atom is -0.0349 e. The molecule has 0 aliphatic carbocycles. The van der Waals surface area contributed by atoms with E-state index in [0.29, 0.717) is 0 Å². The molecule has 0 saturated heterocycles. The monoisotopic (exact) mass is 230 g/mol. The summed E-state index contributed by atoms with van der Waals surface area (Å²) in [5.74, 6) is 0. The van der Waals surface area contributed by atoms with Crippen molar-refractivity contribution >= 4 is 0 Å². The standard InChI is InChI=1S/C7H12.C3H8.3C2H6/c1-4-6-7(3)5-2;1-3-2;3*1-2/h4,6H,1,5H2,2-3H3;3H2,1-2H3;3*1-2H3/b7-6-;;;;. The van der Waals surface area contributed by atoms with E-state index in [1.54, 1.807) is 0 Å². The second-order valence-corrected chi connectivity index (χ2v) is 2.31. The third-order valence-corrected chi connectivity index (χ3v) is 0.960. The molecule has 102 valence electrons. The van der Waals surface area contributed by atoms with E-state index in [2.05, 4.69) is 34.3 Å². The van der Waals surface area contributed by atoms with Crippen molar-refractivity contribution < 1.29 is 0 Å². The van der Waals surface area contributed by atoms with Crippen molar-refractivity contribution in [2.75, 3.05) is 0 Å². The lowest BCUT2D eigenvalue weighted by Crippen LogP contribution is -1.65. The van der Waals surface area contributed by atoms with Gasteiger partial charge in [-0.2, -0.15) is 0 Å². The summed E-state index contributed by atoms with van der Waals surface area (Å²) in [5, 5.41) is 0. The maximum atomic E-state index is 3.57. The zero-order valence-corrected chi connectivity index (χ0v) is 13.8. The fourth-order valence-corrected chi connectivity index (χ4v) is 0.319. The molecule has 0 nitrogen and oxygen atoms in total. The summed E-state index contributed by atoms with van der Waals surface area (Å²) in [7, 11) is 0. The zero-order valence-electron chi connectivity index (χ0n) is 13.8. The Hall–Kier alpha value is -0.520. The van der Waals surface area contributed by atoms with Crippen molar-refractivity contribution in [2.24, 2.45) is 0 Å². The van der Waals surface area contributed by atoms with Crippen LogP contribution in [0.4, 0.5) is 0 Å². The molecule has 0 aromatic rings. The van der Waals surface area contributed by atoms with E-state index in [9.17, 15) is 0 Å². The number of allylic oxidation sites excluding steroid dienone is 3. The summed E-state index contributed by atoms with van der Waals surface area (Å²) in [4.78, 5) is 0. The molecular formula is C16H38. The zero-order chi connectivity index (χ0) is 14.4. The van der Waals surface area contributed by atoms with Crippen molar-refractivity contribution in [3.8, 4) is 0 Å². The molecular weight excluding hydrogens is 192 g/mol. The Morgan fingerprint density at radius 3 is 1.19 bits per heavy atom. The van der Waals surface area contributed by atoms with E-state index in [0.717, 1.165) is 6.42 Å². The van der Waals surface area contributed by atoms with Gasteiger partial charge in [-0.3, -0.25) is 0 Å². The Morgan fingerprint density at radius 2 is 1.12 bits per heavy atom. The maximum absolute atomic E-state index is 3.57. The van der Waals surface area contributed by atoms with Crippen LogP contribution in [-0.4, -0.2) is 0 Å². The van der Waals surface area contributed by atoms with Gasteiger partial charge < -0.3 is 0 Å². The first kappa shape index (κ1) is 29.6. The van der Waals surface area contributed by atoms with Crippen LogP contribution in [0.15, 0.2) is 24.3 Å². The van der Waals surface area contributed by atoms with Crippen LogP contribution in [0.5, 0.6) is 0 Å². The Kier molecular flexibility index (Phi) is 116. The van der Waals surface area contributed by atoms with E-state index < -0.39 is 0 Å². The highest BCUT2D eigenvalue weighted by atomic mass is 13.8. The smallest absolute Gasteiger partial charge is 0.0349 e. The summed E-state index contributed by atoms with van der Waals surface area (Å²) in [6.07, 6.45) is 6.23. The minimum absolute atomic E-state index is 1.13. The van der Waals surface area contributed by atoms with Gasteiger partial charge in [0.1, 0.15) is 0 Å². The lowest BCUT2D eigenvalue weighted by Gasteiger charge is -1.86. The van der Waals surface area contributed by atoms with Gasteiger partial charge in [-0.1, -0.05) is 93.0 Å². The van der Waals surface area contributed by atoms with E-state index >= 15 is 0 Å². The highest BCUT2D eigenvalue weighted by Gasteiger charge is 1.74. The van der Waals surface area contributed by atoms with Crippen LogP contribution >= 0.6 is 0 Å². The molecule has 0 radical (unpaired) electrons. The fraction of sp³-hybridized carbons (Fsp3) is 0.750. The lowest BCUT2D eigenvalue weighted by molar-refractivity contribution is 1.09. The van der Waals surface area contributed by atoms with Crippen molar-refractivity contribution in [1.29, 1.82) is 0 Å². The summed E-state index contributed by atoms with van der Waals surface area (Å²) < 4.78 is 0. The fourth-order valence-electron chi connectivity index (χ4n) is 0.319. The van der Waals surface area contributed by atoms with Crippen molar-refractivity contribution in [3.05, 3.63) is 24.3 Å². The van der Waals surface area contributed by atoms with Crippen molar-refractivity contribution in [2.45, 2.75) is 82.1 Å². The predicted octanol–water partition coefficient (Wildman–Crippen LogP) is 7.02. The van der Waals surface area contributed by atoms with Crippen molar-refractivity contribution in [1.82, 2.24) is 0 Å². The minimum atomic E-state index is 1.13. The number of hydrogen-bond acceptors (Lipinski definition) is 0. The van der Waals surface area contributed by atoms with Gasteiger partial charge in [0.15, 0.2) is 0 Å². The van der Waals surface area contributed by atoms with Gasteiger partial charge in [-0.15, -0.1) is 0 Å². The molecule has 0 aromatic carbocycles. The molecule has 0 atom stereocenters. The first-order valence-electron chi connectivity index (χ1n) is 7.01. The lowest BCUT2D eigenvalue weighted by atomic mass is 10.2. The number of hydrogen-bond donors (Lipinski definition) is 0. The highest BCUT2D eigenvalue weighted by Crippen LogP contribution is 1.95. The van der Waals surface area contributed by atoms with Gasteiger partial charge in [0, 0.05) is 0 Å². The normalized spacial score (nSPS) is 7.25. The Balaban J connectivity index is -0.0000000379. The highest BCUT2D eigenvalue weighted by molar-refractivity contribution is 5.06. The Labute approximate surface area is 107 Å². The van der Waals surface area contributed by atoms with Gasteiger partial charge in [0.05, 0.1) is 0 Å². The number of rotatable bonds is 2. The second-order valence-electron chi connectivity index (χ2n) is 2.31. The molecule has 0 aliphatic heterocycles. The molecule has 16 heavy (non-hydrogen) atoms.